The van der Waals surface area contributed by atoms with Gasteiger partial charge in [-0.15, -0.1) is 0 Å². The lowest BCUT2D eigenvalue weighted by molar-refractivity contribution is -0.145. The van der Waals surface area contributed by atoms with Crippen LogP contribution in [-0.2, 0) is 22.5 Å². The number of hydrogen-bond donors (Lipinski definition) is 0. The van der Waals surface area contributed by atoms with E-state index in [-0.39, 0.29) is 35.9 Å². The molecular weight excluding hydrogens is 469 g/mol. The van der Waals surface area contributed by atoms with E-state index < -0.39 is 5.82 Å². The van der Waals surface area contributed by atoms with E-state index in [9.17, 15) is 14.0 Å². The summed E-state index contributed by atoms with van der Waals surface area (Å²) < 4.78 is 19.2. The first-order valence-corrected chi connectivity index (χ1v) is 12.3. The van der Waals surface area contributed by atoms with Crippen LogP contribution in [0.15, 0.2) is 30.3 Å². The van der Waals surface area contributed by atoms with E-state index in [0.29, 0.717) is 30.3 Å². The van der Waals surface area contributed by atoms with E-state index in [4.69, 9.17) is 22.9 Å². The van der Waals surface area contributed by atoms with Crippen LogP contribution in [0.5, 0.6) is 0 Å². The minimum atomic E-state index is -0.635. The smallest absolute Gasteiger partial charge is 0.252 e. The molecule has 1 amide bonds. The molecule has 0 spiro atoms. The first-order chi connectivity index (χ1) is 16.8. The first-order valence-electron chi connectivity index (χ1n) is 11.9. The number of halogens is 2. The molecule has 0 unspecified atom stereocenters. The normalized spacial score (nSPS) is 20.6. The SMILES string of the molecule is [C-]#[N+]c1cc(C(=O)Cc2cc(Cl)cc(CN3CCN(C(=O)[C@H]4CCCO4)[C@@H](C)C3)c2C)ccc1F. The zero-order valence-electron chi connectivity index (χ0n) is 20.0. The summed E-state index contributed by atoms with van der Waals surface area (Å²) in [5.74, 6) is -0.734. The standard InChI is InChI=1S/C27H29ClFN3O3/c1-17-15-31(8-9-32(17)27(34)26-5-4-10-35-26)16-21-12-22(28)11-20(18(21)2)14-25(33)19-6-7-23(29)24(13-19)30-3/h6-7,11-13,17,26H,4-5,8-10,14-16H2,1-2H3/t17-,26+/m0/s1. The van der Waals surface area contributed by atoms with Gasteiger partial charge < -0.3 is 9.64 Å². The Morgan fingerprint density at radius 3 is 2.69 bits per heavy atom. The zero-order valence-corrected chi connectivity index (χ0v) is 20.8. The van der Waals surface area contributed by atoms with Crippen molar-refractivity contribution in [2.75, 3.05) is 26.2 Å². The lowest BCUT2D eigenvalue weighted by Gasteiger charge is -2.41. The van der Waals surface area contributed by atoms with E-state index in [1.807, 2.05) is 17.9 Å². The molecular formula is C27H29ClFN3O3. The Labute approximate surface area is 210 Å². The number of Topliss-reactive ketones (excluding diaryl/α,β-unsaturated/α-hetero) is 1. The van der Waals surface area contributed by atoms with Crippen molar-refractivity contribution >= 4 is 29.0 Å². The summed E-state index contributed by atoms with van der Waals surface area (Å²) >= 11 is 6.42. The van der Waals surface area contributed by atoms with E-state index in [0.717, 1.165) is 48.7 Å². The number of amides is 1. The van der Waals surface area contributed by atoms with Crippen LogP contribution < -0.4 is 0 Å². The monoisotopic (exact) mass is 497 g/mol. The van der Waals surface area contributed by atoms with Crippen molar-refractivity contribution in [3.8, 4) is 0 Å². The van der Waals surface area contributed by atoms with Crippen LogP contribution in [0.2, 0.25) is 5.02 Å². The van der Waals surface area contributed by atoms with Crippen molar-refractivity contribution in [3.63, 3.8) is 0 Å². The number of carbonyl (C=O) groups is 2. The molecule has 0 saturated carbocycles. The van der Waals surface area contributed by atoms with Crippen LogP contribution in [-0.4, -0.2) is 59.9 Å². The molecule has 0 aliphatic carbocycles. The lowest BCUT2D eigenvalue weighted by Crippen LogP contribution is -2.55. The Bertz CT molecular complexity index is 1170. The Morgan fingerprint density at radius 2 is 2.00 bits per heavy atom. The molecule has 2 aromatic rings. The predicted molar refractivity (Wildman–Crippen MR) is 132 cm³/mol. The maximum atomic E-state index is 13.7. The van der Waals surface area contributed by atoms with Crippen molar-refractivity contribution in [3.05, 3.63) is 74.8 Å². The van der Waals surface area contributed by atoms with E-state index in [1.54, 1.807) is 6.07 Å². The number of carbonyl (C=O) groups excluding carboxylic acids is 2. The molecule has 2 aliphatic heterocycles. The molecule has 0 aromatic heterocycles. The third-order valence-corrected chi connectivity index (χ3v) is 7.14. The molecule has 35 heavy (non-hydrogen) atoms. The number of ether oxygens (including phenoxy) is 1. The van der Waals surface area contributed by atoms with Gasteiger partial charge in [0.15, 0.2) is 5.78 Å². The number of benzene rings is 2. The van der Waals surface area contributed by atoms with Gasteiger partial charge in [-0.05, 0) is 67.6 Å². The minimum Gasteiger partial charge on any atom is -0.368 e. The Balaban J connectivity index is 1.44. The Hall–Kier alpha value is -2.79. The topological polar surface area (TPSA) is 54.2 Å². The summed E-state index contributed by atoms with van der Waals surface area (Å²) in [7, 11) is 0. The number of nitrogens with zero attached hydrogens (tertiary/aromatic N) is 3. The molecule has 0 bridgehead atoms. The summed E-state index contributed by atoms with van der Waals surface area (Å²) in [4.78, 5) is 33.1. The van der Waals surface area contributed by atoms with Gasteiger partial charge in [-0.2, -0.15) is 0 Å². The highest BCUT2D eigenvalue weighted by Crippen LogP contribution is 2.26. The second-order valence-corrected chi connectivity index (χ2v) is 9.78. The highest BCUT2D eigenvalue weighted by Gasteiger charge is 2.34. The molecule has 2 aliphatic rings. The lowest BCUT2D eigenvalue weighted by atomic mass is 9.95. The van der Waals surface area contributed by atoms with Gasteiger partial charge in [-0.3, -0.25) is 14.5 Å². The van der Waals surface area contributed by atoms with Crippen molar-refractivity contribution < 1.29 is 18.7 Å². The molecule has 184 valence electrons. The van der Waals surface area contributed by atoms with Crippen molar-refractivity contribution in [1.29, 1.82) is 0 Å². The van der Waals surface area contributed by atoms with Crippen LogP contribution in [0.4, 0.5) is 10.1 Å². The van der Waals surface area contributed by atoms with Crippen molar-refractivity contribution in [2.45, 2.75) is 51.8 Å². The number of ketones is 1. The van der Waals surface area contributed by atoms with Gasteiger partial charge >= 0.3 is 0 Å². The molecule has 2 saturated heterocycles. The fourth-order valence-electron chi connectivity index (χ4n) is 4.89. The zero-order chi connectivity index (χ0) is 25.1. The number of hydrogen-bond acceptors (Lipinski definition) is 4. The molecule has 2 aromatic carbocycles. The van der Waals surface area contributed by atoms with Crippen LogP contribution in [0.3, 0.4) is 0 Å². The fourth-order valence-corrected chi connectivity index (χ4v) is 5.16. The fraction of sp³-hybridized carbons (Fsp3) is 0.444. The predicted octanol–water partition coefficient (Wildman–Crippen LogP) is 4.98. The summed E-state index contributed by atoms with van der Waals surface area (Å²) in [5, 5.41) is 0.551. The molecule has 8 heteroatoms. The Morgan fingerprint density at radius 1 is 1.23 bits per heavy atom. The molecule has 4 rings (SSSR count). The van der Waals surface area contributed by atoms with E-state index >= 15 is 0 Å². The highest BCUT2D eigenvalue weighted by atomic mass is 35.5. The van der Waals surface area contributed by atoms with Crippen LogP contribution in [0.1, 0.15) is 46.8 Å². The first kappa shape index (κ1) is 25.3. The summed E-state index contributed by atoms with van der Waals surface area (Å²) in [5.41, 5.74) is 2.98. The summed E-state index contributed by atoms with van der Waals surface area (Å²) in [6, 6.07) is 7.65. The third kappa shape index (κ3) is 5.72. The van der Waals surface area contributed by atoms with Gasteiger partial charge in [0, 0.05) is 55.8 Å². The molecule has 6 nitrogen and oxygen atoms in total. The van der Waals surface area contributed by atoms with E-state index in [1.165, 1.54) is 12.1 Å². The molecule has 0 radical (unpaired) electrons. The number of piperazine rings is 1. The van der Waals surface area contributed by atoms with E-state index in [2.05, 4.69) is 16.7 Å². The minimum absolute atomic E-state index is 0.0797. The molecule has 2 heterocycles. The van der Waals surface area contributed by atoms with Gasteiger partial charge in [0.2, 0.25) is 5.69 Å². The van der Waals surface area contributed by atoms with Crippen LogP contribution >= 0.6 is 11.6 Å². The van der Waals surface area contributed by atoms with Crippen LogP contribution in [0, 0.1) is 19.3 Å². The largest absolute Gasteiger partial charge is 0.368 e. The quantitative estimate of drug-likeness (QED) is 0.417. The van der Waals surface area contributed by atoms with Gasteiger partial charge in [0.05, 0.1) is 6.57 Å². The van der Waals surface area contributed by atoms with Crippen LogP contribution in [0.25, 0.3) is 4.85 Å². The van der Waals surface area contributed by atoms with Crippen molar-refractivity contribution in [1.82, 2.24) is 9.80 Å². The second-order valence-electron chi connectivity index (χ2n) is 9.34. The molecule has 2 fully saturated rings. The van der Waals surface area contributed by atoms with Gasteiger partial charge in [0.25, 0.3) is 5.91 Å². The molecule has 0 N–H and O–H groups in total. The van der Waals surface area contributed by atoms with Crippen molar-refractivity contribution in [2.24, 2.45) is 0 Å². The molecule has 2 atom stereocenters. The van der Waals surface area contributed by atoms with Gasteiger partial charge in [0.1, 0.15) is 11.9 Å². The highest BCUT2D eigenvalue weighted by molar-refractivity contribution is 6.30. The van der Waals surface area contributed by atoms with Gasteiger partial charge in [-0.25, -0.2) is 9.24 Å². The van der Waals surface area contributed by atoms with Gasteiger partial charge in [-0.1, -0.05) is 17.7 Å². The summed E-state index contributed by atoms with van der Waals surface area (Å²) in [6.45, 7) is 14.6. The Kier molecular flexibility index (Phi) is 7.85. The number of rotatable bonds is 6. The average Bonchev–Trinajstić information content (AvgIpc) is 3.37. The average molecular weight is 498 g/mol. The summed E-state index contributed by atoms with van der Waals surface area (Å²) in [6.07, 6.45) is 1.55. The maximum absolute atomic E-state index is 13.7. The third-order valence-electron chi connectivity index (χ3n) is 6.92. The maximum Gasteiger partial charge on any atom is 0.252 e. The second kappa shape index (κ2) is 10.9.